The molecule has 0 aliphatic heterocycles. The molecule has 1 aromatic carbocycles. The SMILES string of the molecule is CCC(=O)c1ccc(N)c(SC#N)c1. The molecule has 0 saturated heterocycles. The maximum absolute atomic E-state index is 11.3. The van der Waals surface area contributed by atoms with Gasteiger partial charge in [-0.05, 0) is 30.0 Å². The molecule has 4 heteroatoms. The summed E-state index contributed by atoms with van der Waals surface area (Å²) in [4.78, 5) is 12.0. The molecule has 0 atom stereocenters. The highest BCUT2D eigenvalue weighted by Crippen LogP contribution is 2.25. The van der Waals surface area contributed by atoms with Crippen molar-refractivity contribution in [2.75, 3.05) is 5.73 Å². The Morgan fingerprint density at radius 2 is 2.36 bits per heavy atom. The van der Waals surface area contributed by atoms with Gasteiger partial charge in [0, 0.05) is 22.6 Å². The molecule has 0 aliphatic rings. The van der Waals surface area contributed by atoms with E-state index in [4.69, 9.17) is 11.0 Å². The molecule has 0 heterocycles. The van der Waals surface area contributed by atoms with Crippen molar-refractivity contribution in [3.05, 3.63) is 23.8 Å². The van der Waals surface area contributed by atoms with Gasteiger partial charge in [-0.1, -0.05) is 6.92 Å². The number of Topliss-reactive ketones (excluding diaryl/α,β-unsaturated/α-hetero) is 1. The van der Waals surface area contributed by atoms with Crippen LogP contribution >= 0.6 is 11.8 Å². The van der Waals surface area contributed by atoms with E-state index < -0.39 is 0 Å². The van der Waals surface area contributed by atoms with Gasteiger partial charge in [0.25, 0.3) is 0 Å². The smallest absolute Gasteiger partial charge is 0.162 e. The topological polar surface area (TPSA) is 66.9 Å². The van der Waals surface area contributed by atoms with Crippen LogP contribution in [0.3, 0.4) is 0 Å². The lowest BCUT2D eigenvalue weighted by atomic mass is 10.1. The zero-order valence-corrected chi connectivity index (χ0v) is 8.60. The van der Waals surface area contributed by atoms with Crippen molar-refractivity contribution in [2.24, 2.45) is 0 Å². The summed E-state index contributed by atoms with van der Waals surface area (Å²) in [5.74, 6) is 0.0600. The van der Waals surface area contributed by atoms with Gasteiger partial charge in [0.15, 0.2) is 5.78 Å². The van der Waals surface area contributed by atoms with Gasteiger partial charge in [-0.2, -0.15) is 5.26 Å². The standard InChI is InChI=1S/C10H10N2OS/c1-2-9(13)7-3-4-8(12)10(5-7)14-6-11/h3-5H,2,12H2,1H3. The molecule has 0 saturated carbocycles. The number of hydrogen-bond donors (Lipinski definition) is 1. The zero-order valence-electron chi connectivity index (χ0n) is 7.78. The number of nitrogens with zero attached hydrogens (tertiary/aromatic N) is 1. The van der Waals surface area contributed by atoms with Crippen LogP contribution in [-0.2, 0) is 0 Å². The van der Waals surface area contributed by atoms with Crippen molar-refractivity contribution in [1.82, 2.24) is 0 Å². The summed E-state index contributed by atoms with van der Waals surface area (Å²) < 4.78 is 0. The Bertz CT molecular complexity index is 396. The lowest BCUT2D eigenvalue weighted by molar-refractivity contribution is 0.0988. The monoisotopic (exact) mass is 206 g/mol. The third-order valence-electron chi connectivity index (χ3n) is 1.81. The molecule has 1 aromatic rings. The van der Waals surface area contributed by atoms with Gasteiger partial charge >= 0.3 is 0 Å². The average Bonchev–Trinajstić information content (AvgIpc) is 2.20. The molecule has 0 unspecified atom stereocenters. The van der Waals surface area contributed by atoms with E-state index >= 15 is 0 Å². The summed E-state index contributed by atoms with van der Waals surface area (Å²) in [6, 6.07) is 5.00. The minimum absolute atomic E-state index is 0.0600. The van der Waals surface area contributed by atoms with Gasteiger partial charge in [0.2, 0.25) is 0 Å². The first-order valence-corrected chi connectivity index (χ1v) is 4.99. The van der Waals surface area contributed by atoms with Crippen molar-refractivity contribution in [3.8, 4) is 5.40 Å². The predicted molar refractivity (Wildman–Crippen MR) is 56.9 cm³/mol. The fourth-order valence-electron chi connectivity index (χ4n) is 1.05. The molecule has 0 bridgehead atoms. The minimum atomic E-state index is 0.0600. The minimum Gasteiger partial charge on any atom is -0.398 e. The second kappa shape index (κ2) is 4.68. The number of ketones is 1. The molecule has 0 radical (unpaired) electrons. The molecule has 72 valence electrons. The van der Waals surface area contributed by atoms with Gasteiger partial charge in [0.05, 0.1) is 0 Å². The Morgan fingerprint density at radius 3 is 2.93 bits per heavy atom. The van der Waals surface area contributed by atoms with Gasteiger partial charge in [-0.25, -0.2) is 0 Å². The fraction of sp³-hybridized carbons (Fsp3) is 0.200. The molecule has 0 aromatic heterocycles. The maximum Gasteiger partial charge on any atom is 0.162 e. The van der Waals surface area contributed by atoms with Gasteiger partial charge in [-0.3, -0.25) is 4.79 Å². The summed E-state index contributed by atoms with van der Waals surface area (Å²) in [7, 11) is 0. The number of thioether (sulfide) groups is 1. The number of thiocyanates is 1. The Labute approximate surface area is 86.9 Å². The third kappa shape index (κ3) is 2.27. The highest BCUT2D eigenvalue weighted by molar-refractivity contribution is 8.03. The fourth-order valence-corrected chi connectivity index (χ4v) is 1.52. The Kier molecular flexibility index (Phi) is 3.55. The summed E-state index contributed by atoms with van der Waals surface area (Å²) >= 11 is 0.972. The molecule has 3 nitrogen and oxygen atoms in total. The first-order chi connectivity index (χ1) is 6.69. The van der Waals surface area contributed by atoms with E-state index in [0.717, 1.165) is 11.8 Å². The number of benzene rings is 1. The summed E-state index contributed by atoms with van der Waals surface area (Å²) in [6.07, 6.45) is 0.459. The molecule has 0 fully saturated rings. The van der Waals surface area contributed by atoms with E-state index in [1.807, 2.05) is 5.40 Å². The largest absolute Gasteiger partial charge is 0.398 e. The zero-order chi connectivity index (χ0) is 10.6. The first-order valence-electron chi connectivity index (χ1n) is 4.17. The molecule has 0 aliphatic carbocycles. The van der Waals surface area contributed by atoms with Gasteiger partial charge < -0.3 is 5.73 Å². The summed E-state index contributed by atoms with van der Waals surface area (Å²) in [6.45, 7) is 1.80. The van der Waals surface area contributed by atoms with E-state index in [2.05, 4.69) is 0 Å². The Balaban J connectivity index is 3.07. The number of nitrogens with two attached hydrogens (primary N) is 1. The van der Waals surface area contributed by atoms with Crippen LogP contribution in [0.5, 0.6) is 0 Å². The molecule has 14 heavy (non-hydrogen) atoms. The normalized spacial score (nSPS) is 9.43. The third-order valence-corrected chi connectivity index (χ3v) is 2.48. The lowest BCUT2D eigenvalue weighted by Crippen LogP contribution is -1.98. The number of nitriles is 1. The van der Waals surface area contributed by atoms with E-state index in [-0.39, 0.29) is 5.78 Å². The van der Waals surface area contributed by atoms with Crippen molar-refractivity contribution in [2.45, 2.75) is 18.2 Å². The van der Waals surface area contributed by atoms with Gasteiger partial charge in [-0.15, -0.1) is 0 Å². The summed E-state index contributed by atoms with van der Waals surface area (Å²) in [5, 5.41) is 10.4. The van der Waals surface area contributed by atoms with E-state index in [0.29, 0.717) is 22.6 Å². The maximum atomic E-state index is 11.3. The highest BCUT2D eigenvalue weighted by Gasteiger charge is 2.06. The van der Waals surface area contributed by atoms with E-state index in [1.165, 1.54) is 0 Å². The van der Waals surface area contributed by atoms with Crippen LogP contribution in [0.2, 0.25) is 0 Å². The first kappa shape index (κ1) is 10.6. The van der Waals surface area contributed by atoms with Crippen LogP contribution in [0.1, 0.15) is 23.7 Å². The van der Waals surface area contributed by atoms with Crippen LogP contribution in [0.15, 0.2) is 23.1 Å². The number of nitrogen functional groups attached to an aromatic ring is 1. The van der Waals surface area contributed by atoms with E-state index in [9.17, 15) is 4.79 Å². The summed E-state index contributed by atoms with van der Waals surface area (Å²) in [5.41, 5.74) is 6.78. The molecular formula is C10H10N2OS. The second-order valence-corrected chi connectivity index (χ2v) is 3.55. The number of carbonyl (C=O) groups is 1. The number of anilines is 1. The van der Waals surface area contributed by atoms with Crippen LogP contribution in [0.4, 0.5) is 5.69 Å². The van der Waals surface area contributed by atoms with Crippen LogP contribution in [-0.4, -0.2) is 5.78 Å². The molecule has 0 spiro atoms. The van der Waals surface area contributed by atoms with Crippen LogP contribution in [0, 0.1) is 10.7 Å². The molecule has 1 rings (SSSR count). The van der Waals surface area contributed by atoms with E-state index in [1.54, 1.807) is 25.1 Å². The predicted octanol–water partition coefficient (Wildman–Crippen LogP) is 2.43. The quantitative estimate of drug-likeness (QED) is 0.357. The molecular weight excluding hydrogens is 196 g/mol. The Morgan fingerprint density at radius 1 is 1.64 bits per heavy atom. The van der Waals surface area contributed by atoms with Gasteiger partial charge in [0.1, 0.15) is 5.40 Å². The number of rotatable bonds is 3. The number of hydrogen-bond acceptors (Lipinski definition) is 4. The van der Waals surface area contributed by atoms with Crippen LogP contribution < -0.4 is 5.73 Å². The van der Waals surface area contributed by atoms with Crippen molar-refractivity contribution in [3.63, 3.8) is 0 Å². The second-order valence-electron chi connectivity index (χ2n) is 2.72. The Hall–Kier alpha value is -1.47. The number of carbonyl (C=O) groups excluding carboxylic acids is 1. The molecule has 0 amide bonds. The lowest BCUT2D eigenvalue weighted by Gasteiger charge is -2.03. The highest BCUT2D eigenvalue weighted by atomic mass is 32.2. The molecule has 2 N–H and O–H groups in total. The van der Waals surface area contributed by atoms with Crippen molar-refractivity contribution >= 4 is 23.2 Å². The van der Waals surface area contributed by atoms with Crippen molar-refractivity contribution < 1.29 is 4.79 Å². The van der Waals surface area contributed by atoms with Crippen molar-refractivity contribution in [1.29, 1.82) is 5.26 Å². The average molecular weight is 206 g/mol. The van der Waals surface area contributed by atoms with Crippen LogP contribution in [0.25, 0.3) is 0 Å².